The summed E-state index contributed by atoms with van der Waals surface area (Å²) in [5.41, 5.74) is 5.96. The van der Waals surface area contributed by atoms with Gasteiger partial charge in [0.2, 0.25) is 0 Å². The highest BCUT2D eigenvalue weighted by Crippen LogP contribution is 2.13. The Labute approximate surface area is 101 Å². The predicted octanol–water partition coefficient (Wildman–Crippen LogP) is 1.97. The van der Waals surface area contributed by atoms with Gasteiger partial charge in [0.15, 0.2) is 0 Å². The number of anilines is 1. The Morgan fingerprint density at radius 2 is 1.94 bits per heavy atom. The molecule has 0 saturated heterocycles. The number of aromatic nitrogens is 2. The molecule has 88 valence electrons. The van der Waals surface area contributed by atoms with Crippen molar-refractivity contribution in [2.75, 3.05) is 5.43 Å². The van der Waals surface area contributed by atoms with E-state index in [2.05, 4.69) is 34.5 Å². The zero-order chi connectivity index (χ0) is 12.3. The number of rotatable bonds is 3. The molecule has 0 amide bonds. The number of aryl methyl sites for hydroxylation is 2. The summed E-state index contributed by atoms with van der Waals surface area (Å²) >= 11 is 0. The summed E-state index contributed by atoms with van der Waals surface area (Å²) in [4.78, 5) is 8.75. The minimum atomic E-state index is 0.654. The average molecular weight is 228 g/mol. The third-order valence-electron chi connectivity index (χ3n) is 2.66. The number of benzene rings is 1. The lowest BCUT2D eigenvalue weighted by atomic mass is 10.1. The highest BCUT2D eigenvalue weighted by molar-refractivity contribution is 5.36. The molecule has 1 aromatic heterocycles. The first-order valence-electron chi connectivity index (χ1n) is 5.54. The largest absolute Gasteiger partial charge is 0.308 e. The van der Waals surface area contributed by atoms with E-state index in [1.165, 1.54) is 11.1 Å². The molecule has 0 unspecified atom stereocenters. The second kappa shape index (κ2) is 4.93. The van der Waals surface area contributed by atoms with Crippen LogP contribution in [0.25, 0.3) is 0 Å². The number of hydrazine groups is 1. The molecule has 0 radical (unpaired) electrons. The quantitative estimate of drug-likeness (QED) is 0.622. The minimum Gasteiger partial charge on any atom is -0.308 e. The fraction of sp³-hybridized carbons (Fsp3) is 0.231. The lowest BCUT2D eigenvalue weighted by Gasteiger charge is -2.07. The van der Waals surface area contributed by atoms with E-state index in [9.17, 15) is 0 Å². The van der Waals surface area contributed by atoms with Gasteiger partial charge in [0, 0.05) is 18.2 Å². The summed E-state index contributed by atoms with van der Waals surface area (Å²) < 4.78 is 0. The van der Waals surface area contributed by atoms with Crippen molar-refractivity contribution in [2.24, 2.45) is 5.84 Å². The fourth-order valence-electron chi connectivity index (χ4n) is 1.76. The summed E-state index contributed by atoms with van der Waals surface area (Å²) in [6, 6.07) is 10.1. The van der Waals surface area contributed by atoms with Crippen LogP contribution in [0.1, 0.15) is 22.6 Å². The highest BCUT2D eigenvalue weighted by atomic mass is 15.3. The molecular weight excluding hydrogens is 212 g/mol. The molecule has 4 heteroatoms. The lowest BCUT2D eigenvalue weighted by molar-refractivity contribution is 0.935. The van der Waals surface area contributed by atoms with Crippen LogP contribution < -0.4 is 11.3 Å². The van der Waals surface area contributed by atoms with Crippen molar-refractivity contribution in [2.45, 2.75) is 20.3 Å². The van der Waals surface area contributed by atoms with Gasteiger partial charge in [-0.2, -0.15) is 0 Å². The van der Waals surface area contributed by atoms with Crippen LogP contribution in [-0.2, 0) is 6.42 Å². The molecule has 17 heavy (non-hydrogen) atoms. The maximum atomic E-state index is 5.37. The van der Waals surface area contributed by atoms with Gasteiger partial charge >= 0.3 is 0 Å². The van der Waals surface area contributed by atoms with Gasteiger partial charge in [0.25, 0.3) is 0 Å². The molecule has 0 saturated carbocycles. The SMILES string of the molecule is Cc1cc(NN)nc(Cc2ccccc2C)n1. The molecule has 0 aliphatic heterocycles. The van der Waals surface area contributed by atoms with Crippen LogP contribution in [-0.4, -0.2) is 9.97 Å². The summed E-state index contributed by atoms with van der Waals surface area (Å²) in [5, 5.41) is 0. The first kappa shape index (κ1) is 11.5. The molecule has 2 rings (SSSR count). The summed E-state index contributed by atoms with van der Waals surface area (Å²) in [6.45, 7) is 4.02. The van der Waals surface area contributed by atoms with E-state index in [-0.39, 0.29) is 0 Å². The number of hydrogen-bond acceptors (Lipinski definition) is 4. The molecule has 2 aromatic rings. The van der Waals surface area contributed by atoms with Crippen LogP contribution >= 0.6 is 0 Å². The van der Waals surface area contributed by atoms with Gasteiger partial charge in [-0.25, -0.2) is 15.8 Å². The van der Waals surface area contributed by atoms with Gasteiger partial charge in [0.1, 0.15) is 11.6 Å². The van der Waals surface area contributed by atoms with Crippen LogP contribution in [0.15, 0.2) is 30.3 Å². The van der Waals surface area contributed by atoms with Crippen molar-refractivity contribution < 1.29 is 0 Å². The van der Waals surface area contributed by atoms with Gasteiger partial charge in [-0.3, -0.25) is 0 Å². The molecule has 0 aliphatic carbocycles. The molecule has 0 bridgehead atoms. The third kappa shape index (κ3) is 2.79. The van der Waals surface area contributed by atoms with Crippen molar-refractivity contribution in [1.29, 1.82) is 0 Å². The molecule has 3 N–H and O–H groups in total. The number of nitrogens with one attached hydrogen (secondary N) is 1. The monoisotopic (exact) mass is 228 g/mol. The molecular formula is C13H16N4. The topological polar surface area (TPSA) is 63.8 Å². The normalized spacial score (nSPS) is 10.3. The Kier molecular flexibility index (Phi) is 3.35. The predicted molar refractivity (Wildman–Crippen MR) is 68.6 cm³/mol. The zero-order valence-corrected chi connectivity index (χ0v) is 10.1. The second-order valence-electron chi connectivity index (χ2n) is 4.06. The van der Waals surface area contributed by atoms with E-state index < -0.39 is 0 Å². The Balaban J connectivity index is 2.30. The van der Waals surface area contributed by atoms with Gasteiger partial charge in [-0.1, -0.05) is 24.3 Å². The Bertz CT molecular complexity index is 523. The molecule has 0 spiro atoms. The summed E-state index contributed by atoms with van der Waals surface area (Å²) in [7, 11) is 0. The maximum Gasteiger partial charge on any atom is 0.143 e. The number of hydrogen-bond donors (Lipinski definition) is 2. The second-order valence-corrected chi connectivity index (χ2v) is 4.06. The molecule has 4 nitrogen and oxygen atoms in total. The summed E-state index contributed by atoms with van der Waals surface area (Å²) in [5.74, 6) is 6.81. The van der Waals surface area contributed by atoms with Gasteiger partial charge in [0.05, 0.1) is 0 Å². The summed E-state index contributed by atoms with van der Waals surface area (Å²) in [6.07, 6.45) is 0.725. The Hall–Kier alpha value is -1.94. The van der Waals surface area contributed by atoms with Crippen LogP contribution in [0, 0.1) is 13.8 Å². The first-order valence-corrected chi connectivity index (χ1v) is 5.54. The number of nitrogens with two attached hydrogens (primary N) is 1. The molecule has 1 heterocycles. The standard InChI is InChI=1S/C13H16N4/c1-9-5-3-4-6-11(9)8-12-15-10(2)7-13(16-12)17-14/h3-7H,8,14H2,1-2H3,(H,15,16,17). The van der Waals surface area contributed by atoms with Crippen molar-refractivity contribution in [3.8, 4) is 0 Å². The maximum absolute atomic E-state index is 5.37. The van der Waals surface area contributed by atoms with E-state index in [0.29, 0.717) is 5.82 Å². The molecule has 0 aliphatic rings. The lowest BCUT2D eigenvalue weighted by Crippen LogP contribution is -2.11. The number of nitrogens with zero attached hydrogens (tertiary/aromatic N) is 2. The van der Waals surface area contributed by atoms with E-state index in [4.69, 9.17) is 5.84 Å². The third-order valence-corrected chi connectivity index (χ3v) is 2.66. The fourth-order valence-corrected chi connectivity index (χ4v) is 1.76. The van der Waals surface area contributed by atoms with E-state index in [0.717, 1.165) is 17.9 Å². The minimum absolute atomic E-state index is 0.654. The molecule has 1 aromatic carbocycles. The van der Waals surface area contributed by atoms with E-state index >= 15 is 0 Å². The molecule has 0 atom stereocenters. The van der Waals surface area contributed by atoms with Gasteiger partial charge in [-0.05, 0) is 25.0 Å². The van der Waals surface area contributed by atoms with E-state index in [1.807, 2.05) is 25.1 Å². The number of nitrogen functional groups attached to an aromatic ring is 1. The van der Waals surface area contributed by atoms with Crippen LogP contribution in [0.2, 0.25) is 0 Å². The van der Waals surface area contributed by atoms with Crippen molar-refractivity contribution in [1.82, 2.24) is 9.97 Å². The van der Waals surface area contributed by atoms with Crippen molar-refractivity contribution >= 4 is 5.82 Å². The first-order chi connectivity index (χ1) is 8.19. The zero-order valence-electron chi connectivity index (χ0n) is 10.1. The Morgan fingerprint density at radius 3 is 2.65 bits per heavy atom. The van der Waals surface area contributed by atoms with Gasteiger partial charge in [-0.15, -0.1) is 0 Å². The average Bonchev–Trinajstić information content (AvgIpc) is 2.31. The van der Waals surface area contributed by atoms with Crippen LogP contribution in [0.3, 0.4) is 0 Å². The Morgan fingerprint density at radius 1 is 1.18 bits per heavy atom. The van der Waals surface area contributed by atoms with Crippen LogP contribution in [0.4, 0.5) is 5.82 Å². The van der Waals surface area contributed by atoms with Crippen LogP contribution in [0.5, 0.6) is 0 Å². The highest BCUT2D eigenvalue weighted by Gasteiger charge is 2.04. The van der Waals surface area contributed by atoms with Crippen molar-refractivity contribution in [3.05, 3.63) is 53.0 Å². The van der Waals surface area contributed by atoms with Crippen molar-refractivity contribution in [3.63, 3.8) is 0 Å². The smallest absolute Gasteiger partial charge is 0.143 e. The molecule has 0 fully saturated rings. The van der Waals surface area contributed by atoms with Gasteiger partial charge < -0.3 is 5.43 Å². The van der Waals surface area contributed by atoms with E-state index in [1.54, 1.807) is 0 Å².